The lowest BCUT2D eigenvalue weighted by molar-refractivity contribution is 0.818. The molecule has 0 heterocycles. The van der Waals surface area contributed by atoms with Gasteiger partial charge in [0.25, 0.3) is 0 Å². The average molecular weight is 314 g/mol. The van der Waals surface area contributed by atoms with E-state index in [0.717, 1.165) is 17.7 Å². The number of nitriles is 1. The molecular weight excluding hydrogens is 292 g/mol. The van der Waals surface area contributed by atoms with E-state index >= 15 is 0 Å². The Kier molecular flexibility index (Phi) is 4.82. The summed E-state index contributed by atoms with van der Waals surface area (Å²) in [6.45, 7) is 4.22. The van der Waals surface area contributed by atoms with Gasteiger partial charge in [-0.2, -0.15) is 5.26 Å². The van der Waals surface area contributed by atoms with Crippen molar-refractivity contribution >= 4 is 16.5 Å². The first-order valence-corrected chi connectivity index (χ1v) is 8.46. The molecule has 0 radical (unpaired) electrons. The van der Waals surface area contributed by atoms with Gasteiger partial charge in [-0.1, -0.05) is 61.5 Å². The Morgan fingerprint density at radius 3 is 2.38 bits per heavy atom. The zero-order valence-corrected chi connectivity index (χ0v) is 14.2. The molecule has 2 atom stereocenters. The summed E-state index contributed by atoms with van der Waals surface area (Å²) in [4.78, 5) is 0. The highest BCUT2D eigenvalue weighted by molar-refractivity contribution is 5.86. The van der Waals surface area contributed by atoms with E-state index in [1.807, 2.05) is 6.92 Å². The summed E-state index contributed by atoms with van der Waals surface area (Å²) in [6.07, 6.45) is 0.843. The third-order valence-electron chi connectivity index (χ3n) is 4.55. The summed E-state index contributed by atoms with van der Waals surface area (Å²) in [6, 6.07) is 25.7. The SMILES string of the molecule is CCC(C#N)c1ccc(N[C@H](C)c2cccc3ccccc23)cc1. The van der Waals surface area contributed by atoms with Gasteiger partial charge in [0.1, 0.15) is 0 Å². The zero-order chi connectivity index (χ0) is 16.9. The third-order valence-corrected chi connectivity index (χ3v) is 4.55. The second-order valence-electron chi connectivity index (χ2n) is 6.15. The molecular formula is C22H22N2. The Morgan fingerprint density at radius 2 is 1.67 bits per heavy atom. The van der Waals surface area contributed by atoms with Crippen molar-refractivity contribution < 1.29 is 0 Å². The third kappa shape index (κ3) is 3.26. The fourth-order valence-corrected chi connectivity index (χ4v) is 3.17. The maximum atomic E-state index is 9.18. The Labute approximate surface area is 143 Å². The average Bonchev–Trinajstić information content (AvgIpc) is 2.63. The molecule has 0 saturated heterocycles. The number of nitrogens with zero attached hydrogens (tertiary/aromatic N) is 1. The van der Waals surface area contributed by atoms with E-state index in [9.17, 15) is 5.26 Å². The fourth-order valence-electron chi connectivity index (χ4n) is 3.17. The molecule has 1 N–H and O–H groups in total. The molecule has 24 heavy (non-hydrogen) atoms. The first kappa shape index (κ1) is 16.1. The van der Waals surface area contributed by atoms with Crippen molar-refractivity contribution in [2.24, 2.45) is 0 Å². The molecule has 0 aliphatic rings. The van der Waals surface area contributed by atoms with E-state index in [-0.39, 0.29) is 12.0 Å². The van der Waals surface area contributed by atoms with Crippen LogP contribution >= 0.6 is 0 Å². The number of anilines is 1. The van der Waals surface area contributed by atoms with Crippen LogP contribution in [-0.4, -0.2) is 0 Å². The standard InChI is InChI=1S/C22H22N2/c1-3-17(15-23)18-11-13-20(14-12-18)24-16(2)21-10-6-8-19-7-4-5-9-22(19)21/h4-14,16-17,24H,3H2,1-2H3/t16-,17?/m1/s1. The number of hydrogen-bond acceptors (Lipinski definition) is 2. The maximum Gasteiger partial charge on any atom is 0.0710 e. The largest absolute Gasteiger partial charge is 0.378 e. The highest BCUT2D eigenvalue weighted by atomic mass is 14.9. The molecule has 0 aliphatic carbocycles. The molecule has 2 nitrogen and oxygen atoms in total. The van der Waals surface area contributed by atoms with E-state index in [1.165, 1.54) is 16.3 Å². The minimum absolute atomic E-state index is 0.0189. The smallest absolute Gasteiger partial charge is 0.0710 e. The molecule has 1 unspecified atom stereocenters. The van der Waals surface area contributed by atoms with Crippen molar-refractivity contribution in [1.29, 1.82) is 5.26 Å². The van der Waals surface area contributed by atoms with Gasteiger partial charge in [-0.3, -0.25) is 0 Å². The molecule has 3 rings (SSSR count). The normalized spacial score (nSPS) is 13.2. The van der Waals surface area contributed by atoms with Crippen LogP contribution in [0.4, 0.5) is 5.69 Å². The van der Waals surface area contributed by atoms with Crippen LogP contribution in [0.2, 0.25) is 0 Å². The maximum absolute atomic E-state index is 9.18. The highest BCUT2D eigenvalue weighted by Gasteiger charge is 2.10. The van der Waals surface area contributed by atoms with Gasteiger partial charge in [-0.25, -0.2) is 0 Å². The summed E-state index contributed by atoms with van der Waals surface area (Å²) < 4.78 is 0. The lowest BCUT2D eigenvalue weighted by Gasteiger charge is -2.18. The van der Waals surface area contributed by atoms with Crippen LogP contribution in [0, 0.1) is 11.3 Å². The highest BCUT2D eigenvalue weighted by Crippen LogP contribution is 2.27. The van der Waals surface area contributed by atoms with Gasteiger partial charge in [-0.15, -0.1) is 0 Å². The van der Waals surface area contributed by atoms with Crippen LogP contribution in [0.3, 0.4) is 0 Å². The van der Waals surface area contributed by atoms with Gasteiger partial charge in [0, 0.05) is 11.7 Å². The lowest BCUT2D eigenvalue weighted by atomic mass is 9.97. The van der Waals surface area contributed by atoms with Crippen LogP contribution in [-0.2, 0) is 0 Å². The predicted molar refractivity (Wildman–Crippen MR) is 101 cm³/mol. The summed E-state index contributed by atoms with van der Waals surface area (Å²) in [5, 5.41) is 15.3. The topological polar surface area (TPSA) is 35.8 Å². The first-order chi connectivity index (χ1) is 11.7. The van der Waals surface area contributed by atoms with Crippen LogP contribution in [0.1, 0.15) is 43.4 Å². The van der Waals surface area contributed by atoms with E-state index in [0.29, 0.717) is 0 Å². The number of rotatable bonds is 5. The van der Waals surface area contributed by atoms with E-state index < -0.39 is 0 Å². The Hall–Kier alpha value is -2.79. The van der Waals surface area contributed by atoms with Gasteiger partial charge in [0.15, 0.2) is 0 Å². The zero-order valence-electron chi connectivity index (χ0n) is 14.2. The number of hydrogen-bond donors (Lipinski definition) is 1. The number of fused-ring (bicyclic) bond motifs is 1. The van der Waals surface area contributed by atoms with Crippen molar-refractivity contribution in [3.05, 3.63) is 77.9 Å². The van der Waals surface area contributed by atoms with Crippen molar-refractivity contribution in [1.82, 2.24) is 0 Å². The van der Waals surface area contributed by atoms with Gasteiger partial charge in [-0.05, 0) is 47.4 Å². The molecule has 0 spiro atoms. The molecule has 3 aromatic rings. The monoisotopic (exact) mass is 314 g/mol. The van der Waals surface area contributed by atoms with Gasteiger partial charge >= 0.3 is 0 Å². The molecule has 120 valence electrons. The first-order valence-electron chi connectivity index (χ1n) is 8.46. The van der Waals surface area contributed by atoms with E-state index in [2.05, 4.69) is 85.0 Å². The van der Waals surface area contributed by atoms with Crippen LogP contribution in [0.25, 0.3) is 10.8 Å². The summed E-state index contributed by atoms with van der Waals surface area (Å²) in [7, 11) is 0. The van der Waals surface area contributed by atoms with Crippen LogP contribution < -0.4 is 5.32 Å². The van der Waals surface area contributed by atoms with Crippen molar-refractivity contribution in [2.45, 2.75) is 32.2 Å². The molecule has 0 fully saturated rings. The molecule has 0 aromatic heterocycles. The van der Waals surface area contributed by atoms with Gasteiger partial charge in [0.2, 0.25) is 0 Å². The molecule has 3 aromatic carbocycles. The molecule has 0 amide bonds. The van der Waals surface area contributed by atoms with Crippen molar-refractivity contribution in [3.63, 3.8) is 0 Å². The summed E-state index contributed by atoms with van der Waals surface area (Å²) in [5.41, 5.74) is 3.45. The second kappa shape index (κ2) is 7.19. The Morgan fingerprint density at radius 1 is 0.958 bits per heavy atom. The summed E-state index contributed by atoms with van der Waals surface area (Å²) in [5.74, 6) is -0.0189. The summed E-state index contributed by atoms with van der Waals surface area (Å²) >= 11 is 0. The Bertz CT molecular complexity index is 854. The number of nitrogens with one attached hydrogen (secondary N) is 1. The van der Waals surface area contributed by atoms with Crippen molar-refractivity contribution in [3.8, 4) is 6.07 Å². The predicted octanol–water partition coefficient (Wildman–Crippen LogP) is 6.03. The lowest BCUT2D eigenvalue weighted by Crippen LogP contribution is -2.07. The quantitative estimate of drug-likeness (QED) is 0.624. The van der Waals surface area contributed by atoms with Gasteiger partial charge in [0.05, 0.1) is 12.0 Å². The Balaban J connectivity index is 1.82. The fraction of sp³-hybridized carbons (Fsp3) is 0.227. The van der Waals surface area contributed by atoms with Crippen molar-refractivity contribution in [2.75, 3.05) is 5.32 Å². The van der Waals surface area contributed by atoms with Crippen LogP contribution in [0.5, 0.6) is 0 Å². The van der Waals surface area contributed by atoms with E-state index in [4.69, 9.17) is 0 Å². The van der Waals surface area contributed by atoms with Gasteiger partial charge < -0.3 is 5.32 Å². The number of benzene rings is 3. The second-order valence-corrected chi connectivity index (χ2v) is 6.15. The molecule has 2 heteroatoms. The molecule has 0 saturated carbocycles. The minimum Gasteiger partial charge on any atom is -0.378 e. The molecule has 0 aliphatic heterocycles. The molecule has 0 bridgehead atoms. The van der Waals surface area contributed by atoms with E-state index in [1.54, 1.807) is 0 Å². The van der Waals surface area contributed by atoms with Crippen LogP contribution in [0.15, 0.2) is 66.7 Å². The minimum atomic E-state index is -0.0189.